The number of nitrogens with one attached hydrogen (secondary N) is 1. The molecular formula is C17H17N5O5S. The third-order valence-electron chi connectivity index (χ3n) is 4.14. The highest BCUT2D eigenvalue weighted by Gasteiger charge is 2.54. The van der Waals surface area contributed by atoms with Gasteiger partial charge in [0.05, 0.1) is 0 Å². The van der Waals surface area contributed by atoms with Gasteiger partial charge in [-0.15, -0.1) is 11.8 Å². The van der Waals surface area contributed by atoms with Gasteiger partial charge in [-0.25, -0.2) is 9.78 Å². The molecule has 2 atom stereocenters. The summed E-state index contributed by atoms with van der Waals surface area (Å²) in [4.78, 5) is 46.7. The van der Waals surface area contributed by atoms with Gasteiger partial charge in [0.25, 0.3) is 11.8 Å². The van der Waals surface area contributed by atoms with Crippen LogP contribution in [0.1, 0.15) is 5.69 Å². The lowest BCUT2D eigenvalue weighted by atomic mass is 10.0. The predicted molar refractivity (Wildman–Crippen MR) is 102 cm³/mol. The van der Waals surface area contributed by atoms with Gasteiger partial charge < -0.3 is 21.0 Å². The molecule has 0 spiro atoms. The predicted octanol–water partition coefficient (Wildman–Crippen LogP) is -0.0611. The lowest BCUT2D eigenvalue weighted by Crippen LogP contribution is -2.71. The lowest BCUT2D eigenvalue weighted by molar-refractivity contribution is -0.150. The van der Waals surface area contributed by atoms with Crippen molar-refractivity contribution in [3.8, 4) is 0 Å². The first-order chi connectivity index (χ1) is 13.4. The fraction of sp³-hybridized carbons (Fsp3) is 0.235. The molecule has 1 fully saturated rings. The SMILES string of the molecule is C=CC1=C(C(=O)O)N2C(=O)C(NC(=O)/C(=N\OC)c3cccc(N)n3)[C@H]2SC1. The monoisotopic (exact) mass is 403 g/mol. The molecule has 10 nitrogen and oxygen atoms in total. The Morgan fingerprint density at radius 2 is 2.29 bits per heavy atom. The van der Waals surface area contributed by atoms with E-state index in [-0.39, 0.29) is 22.9 Å². The van der Waals surface area contributed by atoms with Gasteiger partial charge in [0, 0.05) is 5.75 Å². The van der Waals surface area contributed by atoms with Crippen molar-refractivity contribution in [2.45, 2.75) is 11.4 Å². The van der Waals surface area contributed by atoms with Crippen molar-refractivity contribution in [3.63, 3.8) is 0 Å². The van der Waals surface area contributed by atoms with Gasteiger partial charge in [-0.05, 0) is 17.7 Å². The first kappa shape index (κ1) is 19.4. The highest BCUT2D eigenvalue weighted by molar-refractivity contribution is 8.00. The second kappa shape index (κ2) is 7.72. The standard InChI is InChI=1S/C17H17N5O5S/c1-3-8-7-28-16-12(15(24)22(16)13(8)17(25)26)20-14(23)11(21-27-2)9-5-4-6-10(18)19-9/h3-6,12,16H,1,7H2,2H3,(H2,18,19)(H,20,23)(H,25,26)/b21-11-/t12?,16-/m1/s1. The largest absolute Gasteiger partial charge is 0.477 e. The molecule has 2 aliphatic heterocycles. The summed E-state index contributed by atoms with van der Waals surface area (Å²) in [5.74, 6) is -1.88. The van der Waals surface area contributed by atoms with Crippen LogP contribution in [0.2, 0.25) is 0 Å². The van der Waals surface area contributed by atoms with Crippen molar-refractivity contribution in [2.24, 2.45) is 5.16 Å². The number of allylic oxidation sites excluding steroid dienone is 1. The number of aliphatic carboxylic acids is 1. The smallest absolute Gasteiger partial charge is 0.352 e. The lowest BCUT2D eigenvalue weighted by Gasteiger charge is -2.49. The molecule has 146 valence electrons. The number of carboxylic acids is 1. The summed E-state index contributed by atoms with van der Waals surface area (Å²) in [5, 5.41) is 15.1. The summed E-state index contributed by atoms with van der Waals surface area (Å²) in [6, 6.07) is 3.78. The van der Waals surface area contributed by atoms with E-state index in [0.717, 1.165) is 4.90 Å². The Balaban J connectivity index is 1.81. The van der Waals surface area contributed by atoms with E-state index in [1.807, 2.05) is 0 Å². The maximum Gasteiger partial charge on any atom is 0.352 e. The highest BCUT2D eigenvalue weighted by Crippen LogP contribution is 2.40. The maximum atomic E-state index is 12.7. The van der Waals surface area contributed by atoms with Gasteiger partial charge >= 0.3 is 5.97 Å². The molecule has 1 unspecified atom stereocenters. The van der Waals surface area contributed by atoms with Crippen molar-refractivity contribution < 1.29 is 24.3 Å². The molecule has 3 heterocycles. The number of aromatic nitrogens is 1. The molecule has 0 saturated carbocycles. The Morgan fingerprint density at radius 3 is 2.89 bits per heavy atom. The first-order valence-corrected chi connectivity index (χ1v) is 9.12. The molecule has 0 radical (unpaired) electrons. The second-order valence-corrected chi connectivity index (χ2v) is 6.92. The molecule has 0 aromatic carbocycles. The number of hydrogen-bond acceptors (Lipinski definition) is 8. The highest BCUT2D eigenvalue weighted by atomic mass is 32.2. The fourth-order valence-corrected chi connectivity index (χ4v) is 4.23. The van der Waals surface area contributed by atoms with Crippen LogP contribution in [0.25, 0.3) is 0 Å². The van der Waals surface area contributed by atoms with E-state index in [2.05, 4.69) is 22.0 Å². The van der Waals surface area contributed by atoms with Crippen molar-refractivity contribution in [1.29, 1.82) is 0 Å². The number of nitrogen functional groups attached to an aromatic ring is 1. The second-order valence-electron chi connectivity index (χ2n) is 5.81. The number of thioether (sulfide) groups is 1. The molecule has 4 N–H and O–H groups in total. The van der Waals surface area contributed by atoms with E-state index in [4.69, 9.17) is 10.6 Å². The van der Waals surface area contributed by atoms with Crippen molar-refractivity contribution in [3.05, 3.63) is 47.8 Å². The van der Waals surface area contributed by atoms with E-state index < -0.39 is 29.2 Å². The Hall–Kier alpha value is -3.34. The van der Waals surface area contributed by atoms with Gasteiger partial charge in [0.1, 0.15) is 35.7 Å². The number of carbonyl (C=O) groups is 3. The summed E-state index contributed by atoms with van der Waals surface area (Å²) in [6.07, 6.45) is 1.42. The number of anilines is 1. The quantitative estimate of drug-likeness (QED) is 0.340. The summed E-state index contributed by atoms with van der Waals surface area (Å²) in [7, 11) is 1.27. The van der Waals surface area contributed by atoms with Crippen LogP contribution < -0.4 is 11.1 Å². The van der Waals surface area contributed by atoms with Crippen LogP contribution in [0.15, 0.2) is 47.3 Å². The number of carboxylic acid groups (broad SMARTS) is 1. The zero-order valence-electron chi connectivity index (χ0n) is 14.8. The van der Waals surface area contributed by atoms with Crippen LogP contribution in [0.5, 0.6) is 0 Å². The molecule has 0 bridgehead atoms. The van der Waals surface area contributed by atoms with Crippen LogP contribution in [0.3, 0.4) is 0 Å². The first-order valence-electron chi connectivity index (χ1n) is 8.07. The normalized spacial score (nSPS) is 21.5. The minimum Gasteiger partial charge on any atom is -0.477 e. The molecule has 1 aromatic heterocycles. The summed E-state index contributed by atoms with van der Waals surface area (Å²) >= 11 is 1.34. The topological polar surface area (TPSA) is 147 Å². The number of fused-ring (bicyclic) bond motifs is 1. The zero-order chi connectivity index (χ0) is 20.4. The Bertz CT molecular complexity index is 928. The number of β-lactam (4-membered cyclic amide) rings is 1. The van der Waals surface area contributed by atoms with Gasteiger partial charge in [0.15, 0.2) is 5.71 Å². The minimum absolute atomic E-state index is 0.113. The van der Waals surface area contributed by atoms with Gasteiger partial charge in [-0.1, -0.05) is 23.9 Å². The molecule has 28 heavy (non-hydrogen) atoms. The zero-order valence-corrected chi connectivity index (χ0v) is 15.6. The van der Waals surface area contributed by atoms with E-state index in [1.54, 1.807) is 12.1 Å². The summed E-state index contributed by atoms with van der Waals surface area (Å²) < 4.78 is 0. The van der Waals surface area contributed by atoms with Crippen LogP contribution >= 0.6 is 11.8 Å². The Kier molecular flexibility index (Phi) is 5.36. The molecule has 11 heteroatoms. The molecule has 1 saturated heterocycles. The number of pyridine rings is 1. The molecule has 2 aliphatic rings. The summed E-state index contributed by atoms with van der Waals surface area (Å²) in [6.45, 7) is 3.59. The average molecular weight is 403 g/mol. The number of nitrogens with zero attached hydrogens (tertiary/aromatic N) is 3. The molecule has 0 aliphatic carbocycles. The average Bonchev–Trinajstić information content (AvgIpc) is 2.68. The van der Waals surface area contributed by atoms with Crippen molar-refractivity contribution in [2.75, 3.05) is 18.6 Å². The van der Waals surface area contributed by atoms with Crippen molar-refractivity contribution >= 4 is 41.1 Å². The van der Waals surface area contributed by atoms with E-state index in [0.29, 0.717) is 11.3 Å². The number of carbonyl (C=O) groups excluding carboxylic acids is 2. The summed E-state index contributed by atoms with van der Waals surface area (Å²) in [5.41, 5.74) is 6.01. The number of amides is 2. The third-order valence-corrected chi connectivity index (χ3v) is 5.45. The Morgan fingerprint density at radius 1 is 1.54 bits per heavy atom. The van der Waals surface area contributed by atoms with E-state index in [1.165, 1.54) is 31.0 Å². The maximum absolute atomic E-state index is 12.7. The van der Waals surface area contributed by atoms with Crippen LogP contribution in [0.4, 0.5) is 5.82 Å². The van der Waals surface area contributed by atoms with E-state index >= 15 is 0 Å². The van der Waals surface area contributed by atoms with Crippen LogP contribution in [0, 0.1) is 0 Å². The number of nitrogens with two attached hydrogens (primary N) is 1. The number of hydrogen-bond donors (Lipinski definition) is 3. The molecular weight excluding hydrogens is 386 g/mol. The van der Waals surface area contributed by atoms with Crippen LogP contribution in [-0.2, 0) is 19.2 Å². The number of oxime groups is 1. The minimum atomic E-state index is -1.22. The fourth-order valence-electron chi connectivity index (χ4n) is 2.89. The molecule has 1 aromatic rings. The van der Waals surface area contributed by atoms with Crippen molar-refractivity contribution in [1.82, 2.24) is 15.2 Å². The third kappa shape index (κ3) is 3.31. The van der Waals surface area contributed by atoms with Crippen LogP contribution in [-0.4, -0.2) is 62.8 Å². The van der Waals surface area contributed by atoms with Gasteiger partial charge in [0.2, 0.25) is 0 Å². The van der Waals surface area contributed by atoms with E-state index in [9.17, 15) is 19.5 Å². The van der Waals surface area contributed by atoms with Gasteiger partial charge in [-0.2, -0.15) is 0 Å². The molecule has 3 rings (SSSR count). The van der Waals surface area contributed by atoms with Gasteiger partial charge in [-0.3, -0.25) is 14.5 Å². The number of rotatable bonds is 6. The Labute approximate surface area is 164 Å². The molecule has 2 amide bonds.